The molecule has 5 nitrogen and oxygen atoms in total. The highest BCUT2D eigenvalue weighted by atomic mass is 16.2. The average molecular weight is 281 g/mol. The monoisotopic (exact) mass is 281 g/mol. The summed E-state index contributed by atoms with van der Waals surface area (Å²) in [5, 5.41) is 9.31. The zero-order valence-electron chi connectivity index (χ0n) is 12.6. The summed E-state index contributed by atoms with van der Waals surface area (Å²) >= 11 is 0. The largest absolute Gasteiger partial charge is 0.354 e. The molecule has 1 saturated carbocycles. The van der Waals surface area contributed by atoms with E-state index in [9.17, 15) is 9.59 Å². The molecule has 2 aliphatic rings. The smallest absolute Gasteiger partial charge is 0.237 e. The highest BCUT2D eigenvalue weighted by Crippen LogP contribution is 2.25. The molecule has 0 bridgehead atoms. The van der Waals surface area contributed by atoms with Gasteiger partial charge in [-0.15, -0.1) is 0 Å². The van der Waals surface area contributed by atoms with Crippen molar-refractivity contribution in [1.82, 2.24) is 16.0 Å². The minimum Gasteiger partial charge on any atom is -0.354 e. The van der Waals surface area contributed by atoms with Gasteiger partial charge in [0.25, 0.3) is 0 Å². The molecule has 0 aromatic carbocycles. The van der Waals surface area contributed by atoms with Crippen molar-refractivity contribution in [2.45, 2.75) is 70.5 Å². The van der Waals surface area contributed by atoms with Crippen molar-refractivity contribution in [3.05, 3.63) is 0 Å². The Labute approximate surface area is 121 Å². The van der Waals surface area contributed by atoms with Crippen molar-refractivity contribution in [2.24, 2.45) is 5.92 Å². The highest BCUT2D eigenvalue weighted by molar-refractivity contribution is 5.82. The maximum absolute atomic E-state index is 12.1. The Morgan fingerprint density at radius 2 is 1.90 bits per heavy atom. The fourth-order valence-corrected chi connectivity index (χ4v) is 3.17. The number of carbonyl (C=O) groups excluding carboxylic acids is 2. The Morgan fingerprint density at radius 3 is 2.55 bits per heavy atom. The molecule has 3 unspecified atom stereocenters. The van der Waals surface area contributed by atoms with E-state index in [2.05, 4.69) is 16.0 Å². The molecule has 1 saturated heterocycles. The quantitative estimate of drug-likeness (QED) is 0.718. The zero-order valence-corrected chi connectivity index (χ0v) is 12.6. The van der Waals surface area contributed by atoms with E-state index in [0.717, 1.165) is 45.1 Å². The van der Waals surface area contributed by atoms with Crippen molar-refractivity contribution < 1.29 is 9.59 Å². The van der Waals surface area contributed by atoms with Gasteiger partial charge in [-0.2, -0.15) is 0 Å². The number of carbonyl (C=O) groups is 2. The van der Waals surface area contributed by atoms with Crippen molar-refractivity contribution >= 4 is 11.8 Å². The topological polar surface area (TPSA) is 70.2 Å². The van der Waals surface area contributed by atoms with Crippen molar-refractivity contribution in [3.63, 3.8) is 0 Å². The molecule has 1 aliphatic carbocycles. The lowest BCUT2D eigenvalue weighted by Gasteiger charge is -2.30. The summed E-state index contributed by atoms with van der Waals surface area (Å²) in [7, 11) is 0. The van der Waals surface area contributed by atoms with Crippen LogP contribution in [0.1, 0.15) is 52.4 Å². The van der Waals surface area contributed by atoms with E-state index in [1.54, 1.807) is 0 Å². The van der Waals surface area contributed by atoms with Gasteiger partial charge in [-0.25, -0.2) is 0 Å². The van der Waals surface area contributed by atoms with Crippen molar-refractivity contribution in [2.75, 3.05) is 6.54 Å². The van der Waals surface area contributed by atoms with Crippen molar-refractivity contribution in [1.29, 1.82) is 0 Å². The van der Waals surface area contributed by atoms with Gasteiger partial charge in [0.15, 0.2) is 0 Å². The molecule has 0 radical (unpaired) electrons. The molecule has 0 aromatic rings. The van der Waals surface area contributed by atoms with Gasteiger partial charge in [-0.3, -0.25) is 9.59 Å². The standard InChI is InChI=1S/C15H27N3O2/c1-10(2)17-14(19)11-5-3-6-12(9-11)18-15(20)13-7-4-8-16-13/h10-13,16H,3-9H2,1-2H3,(H,17,19)(H,18,20). The first-order valence-corrected chi connectivity index (χ1v) is 7.90. The zero-order chi connectivity index (χ0) is 14.5. The Balaban J connectivity index is 1.80. The summed E-state index contributed by atoms with van der Waals surface area (Å²) in [6.45, 7) is 4.89. The molecule has 1 aliphatic heterocycles. The van der Waals surface area contributed by atoms with Crippen LogP contribution in [0.3, 0.4) is 0 Å². The van der Waals surface area contributed by atoms with Crippen LogP contribution in [0.5, 0.6) is 0 Å². The lowest BCUT2D eigenvalue weighted by atomic mass is 9.85. The summed E-state index contributed by atoms with van der Waals surface area (Å²) in [5.41, 5.74) is 0. The summed E-state index contributed by atoms with van der Waals surface area (Å²) in [6.07, 6.45) is 5.71. The second-order valence-corrected chi connectivity index (χ2v) is 6.38. The fourth-order valence-electron chi connectivity index (χ4n) is 3.17. The molecule has 1 heterocycles. The van der Waals surface area contributed by atoms with Crippen LogP contribution in [0.25, 0.3) is 0 Å². The molecule has 3 atom stereocenters. The predicted octanol–water partition coefficient (Wildman–Crippen LogP) is 0.938. The lowest BCUT2D eigenvalue weighted by Crippen LogP contribution is -2.48. The number of nitrogens with one attached hydrogen (secondary N) is 3. The van der Waals surface area contributed by atoms with E-state index >= 15 is 0 Å². The Morgan fingerprint density at radius 1 is 1.10 bits per heavy atom. The second-order valence-electron chi connectivity index (χ2n) is 6.38. The van der Waals surface area contributed by atoms with Crippen LogP contribution >= 0.6 is 0 Å². The van der Waals surface area contributed by atoms with Gasteiger partial charge in [0, 0.05) is 18.0 Å². The van der Waals surface area contributed by atoms with Crippen LogP contribution in [0.15, 0.2) is 0 Å². The first-order valence-electron chi connectivity index (χ1n) is 7.90. The molecule has 2 amide bonds. The average Bonchev–Trinajstić information content (AvgIpc) is 2.92. The minimum absolute atomic E-state index is 0.0279. The SMILES string of the molecule is CC(C)NC(=O)C1CCCC(NC(=O)C2CCCN2)C1. The molecule has 20 heavy (non-hydrogen) atoms. The lowest BCUT2D eigenvalue weighted by molar-refractivity contribution is -0.128. The Bertz CT molecular complexity index is 351. The van der Waals surface area contributed by atoms with Crippen LogP contribution in [0.4, 0.5) is 0 Å². The van der Waals surface area contributed by atoms with Gasteiger partial charge in [-0.1, -0.05) is 6.42 Å². The molecular weight excluding hydrogens is 254 g/mol. The molecule has 0 spiro atoms. The van der Waals surface area contributed by atoms with E-state index in [0.29, 0.717) is 0 Å². The second kappa shape index (κ2) is 7.07. The molecular formula is C15H27N3O2. The van der Waals surface area contributed by atoms with Gasteiger partial charge in [0.2, 0.25) is 11.8 Å². The van der Waals surface area contributed by atoms with Crippen LogP contribution < -0.4 is 16.0 Å². The van der Waals surface area contributed by atoms with E-state index in [4.69, 9.17) is 0 Å². The molecule has 2 rings (SSSR count). The van der Waals surface area contributed by atoms with Gasteiger partial charge < -0.3 is 16.0 Å². The maximum atomic E-state index is 12.1. The number of hydrogen-bond donors (Lipinski definition) is 3. The van der Waals surface area contributed by atoms with Crippen LogP contribution in [-0.2, 0) is 9.59 Å². The van der Waals surface area contributed by atoms with Gasteiger partial charge in [0.1, 0.15) is 0 Å². The third-order valence-corrected chi connectivity index (χ3v) is 4.20. The van der Waals surface area contributed by atoms with E-state index in [1.807, 2.05) is 13.8 Å². The summed E-state index contributed by atoms with van der Waals surface area (Å²) in [4.78, 5) is 24.2. The van der Waals surface area contributed by atoms with E-state index in [-0.39, 0.29) is 35.9 Å². The highest BCUT2D eigenvalue weighted by Gasteiger charge is 2.30. The molecule has 114 valence electrons. The van der Waals surface area contributed by atoms with E-state index in [1.165, 1.54) is 0 Å². The molecule has 2 fully saturated rings. The first kappa shape index (κ1) is 15.3. The van der Waals surface area contributed by atoms with Crippen LogP contribution in [-0.4, -0.2) is 36.5 Å². The van der Waals surface area contributed by atoms with Gasteiger partial charge in [-0.05, 0) is 52.5 Å². The Hall–Kier alpha value is -1.10. The number of amides is 2. The summed E-state index contributed by atoms with van der Waals surface area (Å²) in [5.74, 6) is 0.295. The third-order valence-electron chi connectivity index (χ3n) is 4.20. The fraction of sp³-hybridized carbons (Fsp3) is 0.867. The molecule has 3 N–H and O–H groups in total. The minimum atomic E-state index is -0.0279. The third kappa shape index (κ3) is 4.20. The summed E-state index contributed by atoms with van der Waals surface area (Å²) < 4.78 is 0. The number of hydrogen-bond acceptors (Lipinski definition) is 3. The normalized spacial score (nSPS) is 30.2. The van der Waals surface area contributed by atoms with Crippen LogP contribution in [0.2, 0.25) is 0 Å². The predicted molar refractivity (Wildman–Crippen MR) is 78.2 cm³/mol. The van der Waals surface area contributed by atoms with Gasteiger partial charge >= 0.3 is 0 Å². The van der Waals surface area contributed by atoms with Gasteiger partial charge in [0.05, 0.1) is 6.04 Å². The van der Waals surface area contributed by atoms with Crippen molar-refractivity contribution in [3.8, 4) is 0 Å². The van der Waals surface area contributed by atoms with Crippen LogP contribution in [0, 0.1) is 5.92 Å². The van der Waals surface area contributed by atoms with E-state index < -0.39 is 0 Å². The number of rotatable bonds is 4. The first-order chi connectivity index (χ1) is 9.56. The maximum Gasteiger partial charge on any atom is 0.237 e. The molecule has 5 heteroatoms. The molecule has 0 aromatic heterocycles. The summed E-state index contributed by atoms with van der Waals surface area (Å²) in [6, 6.07) is 0.307. The Kier molecular flexibility index (Phi) is 5.40.